The molecule has 0 aliphatic carbocycles. The predicted octanol–water partition coefficient (Wildman–Crippen LogP) is 3.65. The number of carbonyl (C=O) groups is 1. The zero-order chi connectivity index (χ0) is 14.4. The van der Waals surface area contributed by atoms with Gasteiger partial charge in [-0.1, -0.05) is 25.4 Å². The maximum absolute atomic E-state index is 11.5. The Hall–Kier alpha value is -1.22. The minimum Gasteiger partial charge on any atom is -0.496 e. The van der Waals surface area contributed by atoms with Crippen molar-refractivity contribution in [3.05, 3.63) is 28.3 Å². The zero-order valence-electron chi connectivity index (χ0n) is 12.0. The van der Waals surface area contributed by atoms with Crippen LogP contribution in [0.2, 0.25) is 5.02 Å². The van der Waals surface area contributed by atoms with Crippen LogP contribution in [0.5, 0.6) is 5.75 Å². The molecule has 4 heteroatoms. The minimum atomic E-state index is -0.270. The lowest BCUT2D eigenvalue weighted by molar-refractivity contribution is -0.142. The highest BCUT2D eigenvalue weighted by molar-refractivity contribution is 6.31. The third-order valence-corrected chi connectivity index (χ3v) is 3.07. The Balaban J connectivity index is 2.99. The summed E-state index contributed by atoms with van der Waals surface area (Å²) in [6.07, 6.45) is 1.06. The standard InChI is InChI=1S/C15H21ClO3/c1-5-19-15(17)9-12-7-13(16)11(6-10(2)3)8-14(12)18-4/h7-8,10H,5-6,9H2,1-4H3. The topological polar surface area (TPSA) is 35.5 Å². The monoisotopic (exact) mass is 284 g/mol. The van der Waals surface area contributed by atoms with Crippen molar-refractivity contribution in [2.75, 3.05) is 13.7 Å². The number of hydrogen-bond donors (Lipinski definition) is 0. The third kappa shape index (κ3) is 4.75. The van der Waals surface area contributed by atoms with E-state index in [0.717, 1.165) is 17.5 Å². The van der Waals surface area contributed by atoms with Crippen LogP contribution in [0.3, 0.4) is 0 Å². The summed E-state index contributed by atoms with van der Waals surface area (Å²) in [4.78, 5) is 11.5. The van der Waals surface area contributed by atoms with Crippen LogP contribution in [0.4, 0.5) is 0 Å². The molecule has 0 atom stereocenters. The molecule has 0 saturated heterocycles. The molecule has 0 heterocycles. The predicted molar refractivity (Wildman–Crippen MR) is 76.9 cm³/mol. The summed E-state index contributed by atoms with van der Waals surface area (Å²) in [5, 5.41) is 0.675. The number of carbonyl (C=O) groups excluding carboxylic acids is 1. The lowest BCUT2D eigenvalue weighted by Gasteiger charge is -2.13. The first-order valence-corrected chi connectivity index (χ1v) is 6.86. The second kappa shape index (κ2) is 7.39. The molecule has 0 fully saturated rings. The van der Waals surface area contributed by atoms with Gasteiger partial charge in [-0.15, -0.1) is 0 Å². The molecule has 0 spiro atoms. The Kier molecular flexibility index (Phi) is 6.16. The number of methoxy groups -OCH3 is 1. The number of benzene rings is 1. The van der Waals surface area contributed by atoms with Gasteiger partial charge in [0.05, 0.1) is 20.1 Å². The maximum Gasteiger partial charge on any atom is 0.310 e. The van der Waals surface area contributed by atoms with Gasteiger partial charge in [0.25, 0.3) is 0 Å². The molecule has 0 aliphatic heterocycles. The summed E-state index contributed by atoms with van der Waals surface area (Å²) >= 11 is 6.26. The fourth-order valence-corrected chi connectivity index (χ4v) is 2.19. The van der Waals surface area contributed by atoms with Gasteiger partial charge in [-0.05, 0) is 37.0 Å². The highest BCUT2D eigenvalue weighted by Gasteiger charge is 2.14. The number of ether oxygens (including phenoxy) is 2. The SMILES string of the molecule is CCOC(=O)Cc1cc(Cl)c(CC(C)C)cc1OC. The van der Waals surface area contributed by atoms with Gasteiger partial charge in [-0.2, -0.15) is 0 Å². The van der Waals surface area contributed by atoms with Crippen molar-refractivity contribution in [1.82, 2.24) is 0 Å². The first-order chi connectivity index (χ1) is 8.97. The van der Waals surface area contributed by atoms with E-state index in [1.807, 2.05) is 6.07 Å². The van der Waals surface area contributed by atoms with Gasteiger partial charge < -0.3 is 9.47 Å². The second-order valence-electron chi connectivity index (χ2n) is 4.84. The largest absolute Gasteiger partial charge is 0.496 e. The Morgan fingerprint density at radius 2 is 2.00 bits per heavy atom. The minimum absolute atomic E-state index is 0.179. The Morgan fingerprint density at radius 3 is 2.53 bits per heavy atom. The molecule has 106 valence electrons. The van der Waals surface area contributed by atoms with Crippen LogP contribution in [0.25, 0.3) is 0 Å². The molecule has 0 aromatic heterocycles. The molecule has 1 aromatic rings. The average molecular weight is 285 g/mol. The van der Waals surface area contributed by atoms with E-state index < -0.39 is 0 Å². The molecular weight excluding hydrogens is 264 g/mol. The van der Waals surface area contributed by atoms with Crippen molar-refractivity contribution < 1.29 is 14.3 Å². The van der Waals surface area contributed by atoms with E-state index in [4.69, 9.17) is 21.1 Å². The van der Waals surface area contributed by atoms with Crippen LogP contribution in [0.1, 0.15) is 31.9 Å². The summed E-state index contributed by atoms with van der Waals surface area (Å²) in [5.41, 5.74) is 1.81. The van der Waals surface area contributed by atoms with Crippen molar-refractivity contribution in [2.24, 2.45) is 5.92 Å². The number of hydrogen-bond acceptors (Lipinski definition) is 3. The van der Waals surface area contributed by atoms with Gasteiger partial charge in [-0.25, -0.2) is 0 Å². The van der Waals surface area contributed by atoms with Crippen molar-refractivity contribution in [2.45, 2.75) is 33.6 Å². The molecule has 1 aromatic carbocycles. The van der Waals surface area contributed by atoms with E-state index in [9.17, 15) is 4.79 Å². The van der Waals surface area contributed by atoms with E-state index in [-0.39, 0.29) is 12.4 Å². The first-order valence-electron chi connectivity index (χ1n) is 6.48. The quantitative estimate of drug-likeness (QED) is 0.748. The van der Waals surface area contributed by atoms with Crippen LogP contribution < -0.4 is 4.74 Å². The van der Waals surface area contributed by atoms with E-state index in [0.29, 0.717) is 23.3 Å². The molecular formula is C15H21ClO3. The summed E-state index contributed by atoms with van der Waals surface area (Å²) in [5.74, 6) is 0.930. The molecule has 0 aliphatic rings. The van der Waals surface area contributed by atoms with E-state index in [1.54, 1.807) is 20.1 Å². The van der Waals surface area contributed by atoms with Crippen molar-refractivity contribution in [1.29, 1.82) is 0 Å². The fraction of sp³-hybridized carbons (Fsp3) is 0.533. The highest BCUT2D eigenvalue weighted by Crippen LogP contribution is 2.29. The first kappa shape index (κ1) is 15.8. The van der Waals surface area contributed by atoms with Crippen LogP contribution in [0.15, 0.2) is 12.1 Å². The lowest BCUT2D eigenvalue weighted by atomic mass is 10.00. The van der Waals surface area contributed by atoms with Crippen molar-refractivity contribution in [3.63, 3.8) is 0 Å². The fourth-order valence-electron chi connectivity index (χ4n) is 1.93. The molecule has 19 heavy (non-hydrogen) atoms. The van der Waals surface area contributed by atoms with Gasteiger partial charge in [-0.3, -0.25) is 4.79 Å². The van der Waals surface area contributed by atoms with Crippen LogP contribution in [-0.4, -0.2) is 19.7 Å². The zero-order valence-corrected chi connectivity index (χ0v) is 12.7. The van der Waals surface area contributed by atoms with Gasteiger partial charge in [0.2, 0.25) is 0 Å². The molecule has 0 N–H and O–H groups in total. The highest BCUT2D eigenvalue weighted by atomic mass is 35.5. The summed E-state index contributed by atoms with van der Waals surface area (Å²) in [6.45, 7) is 6.43. The smallest absolute Gasteiger partial charge is 0.310 e. The Morgan fingerprint density at radius 1 is 1.32 bits per heavy atom. The molecule has 3 nitrogen and oxygen atoms in total. The van der Waals surface area contributed by atoms with E-state index >= 15 is 0 Å². The van der Waals surface area contributed by atoms with Gasteiger partial charge in [0, 0.05) is 10.6 Å². The lowest BCUT2D eigenvalue weighted by Crippen LogP contribution is -2.09. The summed E-state index contributed by atoms with van der Waals surface area (Å²) < 4.78 is 10.3. The summed E-state index contributed by atoms with van der Waals surface area (Å²) in [7, 11) is 1.59. The summed E-state index contributed by atoms with van der Waals surface area (Å²) in [6, 6.07) is 3.71. The van der Waals surface area contributed by atoms with Gasteiger partial charge in [0.15, 0.2) is 0 Å². The van der Waals surface area contributed by atoms with Crippen LogP contribution in [-0.2, 0) is 22.4 Å². The molecule has 0 bridgehead atoms. The Labute approximate surface area is 119 Å². The Bertz CT molecular complexity index is 441. The third-order valence-electron chi connectivity index (χ3n) is 2.72. The number of rotatable bonds is 6. The van der Waals surface area contributed by atoms with Crippen molar-refractivity contribution >= 4 is 17.6 Å². The van der Waals surface area contributed by atoms with Gasteiger partial charge >= 0.3 is 5.97 Å². The van der Waals surface area contributed by atoms with Crippen LogP contribution in [0, 0.1) is 5.92 Å². The molecule has 0 radical (unpaired) electrons. The second-order valence-corrected chi connectivity index (χ2v) is 5.24. The molecule has 0 saturated carbocycles. The number of halogens is 1. The number of esters is 1. The molecule has 0 amide bonds. The van der Waals surface area contributed by atoms with E-state index in [2.05, 4.69) is 13.8 Å². The van der Waals surface area contributed by atoms with Gasteiger partial charge in [0.1, 0.15) is 5.75 Å². The average Bonchev–Trinajstić information content (AvgIpc) is 2.32. The molecule has 0 unspecified atom stereocenters. The van der Waals surface area contributed by atoms with Crippen LogP contribution >= 0.6 is 11.6 Å². The maximum atomic E-state index is 11.5. The molecule has 1 rings (SSSR count). The van der Waals surface area contributed by atoms with E-state index in [1.165, 1.54) is 0 Å². The van der Waals surface area contributed by atoms with Crippen molar-refractivity contribution in [3.8, 4) is 5.75 Å². The normalized spacial score (nSPS) is 10.6.